The lowest BCUT2D eigenvalue weighted by molar-refractivity contribution is -0.140. The minimum Gasteiger partial charge on any atom is -0.339 e. The quantitative estimate of drug-likeness (QED) is 0.879. The standard InChI is InChI=1S/C18H29N3O.2ClH/c1-14(15(2)19)17(22)20-10-11-21(18(3,4)13-20)12-16-8-6-5-7-9-16;;/h5-9,14-15H,10-13,19H2,1-4H3;2*1H. The zero-order chi connectivity index (χ0) is 16.3. The highest BCUT2D eigenvalue weighted by Crippen LogP contribution is 2.24. The van der Waals surface area contributed by atoms with Gasteiger partial charge in [0.15, 0.2) is 0 Å². The highest BCUT2D eigenvalue weighted by Gasteiger charge is 2.36. The highest BCUT2D eigenvalue weighted by molar-refractivity contribution is 5.85. The van der Waals surface area contributed by atoms with Crippen LogP contribution in [0.5, 0.6) is 0 Å². The Balaban J connectivity index is 0.00000264. The van der Waals surface area contributed by atoms with Gasteiger partial charge in [0, 0.05) is 37.8 Å². The lowest BCUT2D eigenvalue weighted by atomic mass is 9.95. The number of hydrogen-bond donors (Lipinski definition) is 1. The van der Waals surface area contributed by atoms with Crippen molar-refractivity contribution >= 4 is 30.7 Å². The molecule has 138 valence electrons. The molecule has 2 atom stereocenters. The molecule has 1 aromatic carbocycles. The van der Waals surface area contributed by atoms with Gasteiger partial charge in [-0.25, -0.2) is 0 Å². The maximum absolute atomic E-state index is 12.5. The highest BCUT2D eigenvalue weighted by atomic mass is 35.5. The molecule has 2 unspecified atom stereocenters. The maximum atomic E-state index is 12.5. The predicted molar refractivity (Wildman–Crippen MR) is 105 cm³/mol. The van der Waals surface area contributed by atoms with Crippen molar-refractivity contribution in [2.24, 2.45) is 11.7 Å². The van der Waals surface area contributed by atoms with E-state index in [-0.39, 0.29) is 48.2 Å². The van der Waals surface area contributed by atoms with E-state index in [1.54, 1.807) is 0 Å². The number of amides is 1. The van der Waals surface area contributed by atoms with E-state index in [0.29, 0.717) is 0 Å². The number of benzene rings is 1. The molecule has 6 heteroatoms. The Morgan fingerprint density at radius 3 is 2.25 bits per heavy atom. The number of hydrogen-bond acceptors (Lipinski definition) is 3. The van der Waals surface area contributed by atoms with Gasteiger partial charge in [-0.1, -0.05) is 37.3 Å². The number of piperazine rings is 1. The Morgan fingerprint density at radius 1 is 1.17 bits per heavy atom. The molecule has 1 aliphatic heterocycles. The van der Waals surface area contributed by atoms with Gasteiger partial charge in [-0.05, 0) is 26.3 Å². The van der Waals surface area contributed by atoms with Crippen LogP contribution in [0.15, 0.2) is 30.3 Å². The summed E-state index contributed by atoms with van der Waals surface area (Å²) in [6.07, 6.45) is 0. The van der Waals surface area contributed by atoms with E-state index < -0.39 is 0 Å². The molecule has 0 bridgehead atoms. The molecule has 1 amide bonds. The molecule has 1 heterocycles. The van der Waals surface area contributed by atoms with E-state index in [1.807, 2.05) is 24.8 Å². The normalized spacial score (nSPS) is 19.6. The summed E-state index contributed by atoms with van der Waals surface area (Å²) in [5, 5.41) is 0. The number of nitrogens with two attached hydrogens (primary N) is 1. The monoisotopic (exact) mass is 375 g/mol. The molecular weight excluding hydrogens is 345 g/mol. The third-order valence-corrected chi connectivity index (χ3v) is 4.78. The van der Waals surface area contributed by atoms with Crippen LogP contribution in [0.4, 0.5) is 0 Å². The Bertz CT molecular complexity index is 508. The predicted octanol–water partition coefficient (Wildman–Crippen LogP) is 2.94. The number of carbonyl (C=O) groups excluding carboxylic acids is 1. The Morgan fingerprint density at radius 2 is 1.75 bits per heavy atom. The van der Waals surface area contributed by atoms with Gasteiger partial charge >= 0.3 is 0 Å². The molecule has 2 rings (SSSR count). The van der Waals surface area contributed by atoms with Gasteiger partial charge < -0.3 is 10.6 Å². The molecule has 0 aromatic heterocycles. The van der Waals surface area contributed by atoms with Gasteiger partial charge in [-0.3, -0.25) is 9.69 Å². The van der Waals surface area contributed by atoms with Crippen molar-refractivity contribution in [1.82, 2.24) is 9.80 Å². The summed E-state index contributed by atoms with van der Waals surface area (Å²) in [5.41, 5.74) is 7.17. The summed E-state index contributed by atoms with van der Waals surface area (Å²) in [6, 6.07) is 10.4. The number of rotatable bonds is 4. The van der Waals surface area contributed by atoms with Gasteiger partial charge in [-0.15, -0.1) is 24.8 Å². The first kappa shape index (κ1) is 23.2. The first-order valence-corrected chi connectivity index (χ1v) is 8.14. The van der Waals surface area contributed by atoms with Crippen LogP contribution in [0, 0.1) is 5.92 Å². The fourth-order valence-corrected chi connectivity index (χ4v) is 2.99. The summed E-state index contributed by atoms with van der Waals surface area (Å²) in [6.45, 7) is 11.6. The summed E-state index contributed by atoms with van der Waals surface area (Å²) >= 11 is 0. The number of carbonyl (C=O) groups is 1. The summed E-state index contributed by atoms with van der Waals surface area (Å²) < 4.78 is 0. The topological polar surface area (TPSA) is 49.6 Å². The molecule has 1 aromatic rings. The van der Waals surface area contributed by atoms with Gasteiger partial charge in [-0.2, -0.15) is 0 Å². The van der Waals surface area contributed by atoms with Crippen LogP contribution in [0.25, 0.3) is 0 Å². The fourth-order valence-electron chi connectivity index (χ4n) is 2.99. The zero-order valence-electron chi connectivity index (χ0n) is 15.1. The first-order valence-electron chi connectivity index (χ1n) is 8.14. The van der Waals surface area contributed by atoms with Gasteiger partial charge in [0.2, 0.25) is 5.91 Å². The van der Waals surface area contributed by atoms with Crippen molar-refractivity contribution in [2.45, 2.75) is 45.8 Å². The lowest BCUT2D eigenvalue weighted by Gasteiger charge is -2.48. The van der Waals surface area contributed by atoms with Gasteiger partial charge in [0.05, 0.1) is 5.92 Å². The molecule has 0 saturated carbocycles. The Kier molecular flexibility index (Phi) is 9.29. The van der Waals surface area contributed by atoms with E-state index >= 15 is 0 Å². The maximum Gasteiger partial charge on any atom is 0.227 e. The van der Waals surface area contributed by atoms with Crippen LogP contribution in [0.2, 0.25) is 0 Å². The molecule has 24 heavy (non-hydrogen) atoms. The van der Waals surface area contributed by atoms with Gasteiger partial charge in [0.25, 0.3) is 0 Å². The Labute approximate surface area is 158 Å². The lowest BCUT2D eigenvalue weighted by Crippen LogP contribution is -2.61. The minimum absolute atomic E-state index is 0. The van der Waals surface area contributed by atoms with Crippen molar-refractivity contribution in [1.29, 1.82) is 0 Å². The smallest absolute Gasteiger partial charge is 0.227 e. The fraction of sp³-hybridized carbons (Fsp3) is 0.611. The second-order valence-electron chi connectivity index (χ2n) is 7.13. The number of halogens is 2. The molecule has 1 fully saturated rings. The van der Waals surface area contributed by atoms with Crippen LogP contribution >= 0.6 is 24.8 Å². The average molecular weight is 376 g/mol. The summed E-state index contributed by atoms with van der Waals surface area (Å²) in [5.74, 6) is 0.0684. The number of nitrogens with zero attached hydrogens (tertiary/aromatic N) is 2. The Hall–Kier alpha value is -0.810. The van der Waals surface area contributed by atoms with Crippen LogP contribution in [0.1, 0.15) is 33.3 Å². The van der Waals surface area contributed by atoms with Crippen molar-refractivity contribution in [2.75, 3.05) is 19.6 Å². The average Bonchev–Trinajstić information content (AvgIpc) is 2.48. The summed E-state index contributed by atoms with van der Waals surface area (Å²) in [7, 11) is 0. The van der Waals surface area contributed by atoms with E-state index in [2.05, 4.69) is 43.0 Å². The minimum atomic E-state index is -0.114. The molecule has 0 radical (unpaired) electrons. The van der Waals surface area contributed by atoms with Crippen molar-refractivity contribution in [3.63, 3.8) is 0 Å². The summed E-state index contributed by atoms with van der Waals surface area (Å²) in [4.78, 5) is 17.0. The molecule has 1 saturated heterocycles. The largest absolute Gasteiger partial charge is 0.339 e. The second-order valence-corrected chi connectivity index (χ2v) is 7.13. The third-order valence-electron chi connectivity index (χ3n) is 4.78. The van der Waals surface area contributed by atoms with Crippen LogP contribution < -0.4 is 5.73 Å². The van der Waals surface area contributed by atoms with E-state index in [4.69, 9.17) is 5.73 Å². The molecule has 1 aliphatic rings. The first-order chi connectivity index (χ1) is 10.3. The van der Waals surface area contributed by atoms with Gasteiger partial charge in [0.1, 0.15) is 0 Å². The molecule has 4 nitrogen and oxygen atoms in total. The SMILES string of the molecule is CC(N)C(C)C(=O)N1CCN(Cc2ccccc2)C(C)(C)C1.Cl.Cl. The molecule has 0 spiro atoms. The van der Waals surface area contributed by atoms with Crippen LogP contribution in [0.3, 0.4) is 0 Å². The second kappa shape index (κ2) is 9.62. The van der Waals surface area contributed by atoms with Crippen molar-refractivity contribution in [3.05, 3.63) is 35.9 Å². The van der Waals surface area contributed by atoms with Crippen molar-refractivity contribution < 1.29 is 4.79 Å². The van der Waals surface area contributed by atoms with Crippen LogP contribution in [-0.2, 0) is 11.3 Å². The molecule has 0 aliphatic carbocycles. The van der Waals surface area contributed by atoms with E-state index in [1.165, 1.54) is 5.56 Å². The third kappa shape index (κ3) is 5.62. The molecular formula is C18H31Cl2N3O. The van der Waals surface area contributed by atoms with Crippen LogP contribution in [-0.4, -0.2) is 46.9 Å². The van der Waals surface area contributed by atoms with E-state index in [9.17, 15) is 4.79 Å². The molecule has 2 N–H and O–H groups in total. The zero-order valence-corrected chi connectivity index (χ0v) is 16.7. The van der Waals surface area contributed by atoms with Crippen molar-refractivity contribution in [3.8, 4) is 0 Å². The van der Waals surface area contributed by atoms with E-state index in [0.717, 1.165) is 26.2 Å².